The lowest BCUT2D eigenvalue weighted by Crippen LogP contribution is -2.42. The number of nitrogens with one attached hydrogen (secondary N) is 3. The molecule has 0 saturated carbocycles. The van der Waals surface area contributed by atoms with Crippen molar-refractivity contribution >= 4 is 38.6 Å². The van der Waals surface area contributed by atoms with Crippen LogP contribution >= 0.6 is 15.9 Å². The minimum Gasteiger partial charge on any atom is -0.502 e. The number of aromatic hydroxyl groups is 1. The van der Waals surface area contributed by atoms with Gasteiger partial charge < -0.3 is 10.1 Å². The van der Waals surface area contributed by atoms with Gasteiger partial charge in [0.05, 0.1) is 11.1 Å². The van der Waals surface area contributed by atoms with Gasteiger partial charge in [0.15, 0.2) is 5.75 Å². The smallest absolute Gasteiger partial charge is 0.291 e. The summed E-state index contributed by atoms with van der Waals surface area (Å²) in [6.45, 7) is 0. The molecular formula is C17H12BrN3O4. The van der Waals surface area contributed by atoms with Crippen molar-refractivity contribution in [1.82, 2.24) is 15.8 Å². The van der Waals surface area contributed by atoms with Gasteiger partial charge in [0.1, 0.15) is 0 Å². The summed E-state index contributed by atoms with van der Waals surface area (Å²) < 4.78 is 0.561. The van der Waals surface area contributed by atoms with Crippen molar-refractivity contribution in [1.29, 1.82) is 0 Å². The quantitative estimate of drug-likeness (QED) is 0.492. The zero-order valence-corrected chi connectivity index (χ0v) is 14.3. The molecule has 25 heavy (non-hydrogen) atoms. The lowest BCUT2D eigenvalue weighted by Gasteiger charge is -2.11. The first-order valence-corrected chi connectivity index (χ1v) is 7.97. The van der Waals surface area contributed by atoms with E-state index in [-0.39, 0.29) is 5.56 Å². The van der Waals surface area contributed by atoms with Crippen LogP contribution in [0.15, 0.2) is 57.8 Å². The number of fused-ring (bicyclic) bond motifs is 1. The summed E-state index contributed by atoms with van der Waals surface area (Å²) in [6, 6.07) is 13.2. The lowest BCUT2D eigenvalue weighted by molar-refractivity contribution is 0.0845. The van der Waals surface area contributed by atoms with Crippen molar-refractivity contribution in [2.45, 2.75) is 0 Å². The molecule has 0 fully saturated rings. The third-order valence-electron chi connectivity index (χ3n) is 3.53. The van der Waals surface area contributed by atoms with E-state index < -0.39 is 23.1 Å². The van der Waals surface area contributed by atoms with Crippen LogP contribution in [0.25, 0.3) is 10.9 Å². The second kappa shape index (κ2) is 6.78. The van der Waals surface area contributed by atoms with E-state index >= 15 is 0 Å². The molecule has 0 aliphatic heterocycles. The second-order valence-electron chi connectivity index (χ2n) is 5.11. The number of aromatic amines is 1. The minimum absolute atomic E-state index is 0.216. The van der Waals surface area contributed by atoms with E-state index in [1.807, 2.05) is 0 Å². The summed E-state index contributed by atoms with van der Waals surface area (Å²) in [5.74, 6) is -2.07. The van der Waals surface area contributed by atoms with Crippen molar-refractivity contribution in [3.63, 3.8) is 0 Å². The molecule has 0 aliphatic carbocycles. The molecule has 2 amide bonds. The molecule has 7 nitrogen and oxygen atoms in total. The van der Waals surface area contributed by atoms with Gasteiger partial charge in [-0.1, -0.05) is 30.3 Å². The lowest BCUT2D eigenvalue weighted by atomic mass is 10.1. The third kappa shape index (κ3) is 3.24. The summed E-state index contributed by atoms with van der Waals surface area (Å²) in [7, 11) is 0. The number of carbonyl (C=O) groups excluding carboxylic acids is 2. The molecule has 0 bridgehead atoms. The Hall–Kier alpha value is -3.13. The van der Waals surface area contributed by atoms with E-state index in [0.29, 0.717) is 20.9 Å². The Labute approximate surface area is 149 Å². The first-order chi connectivity index (χ1) is 12.0. The molecule has 0 radical (unpaired) electrons. The SMILES string of the molecule is O=C(NNC(=O)c1c(O)c(=O)[nH]c2ccccc12)c1ccccc1Br. The van der Waals surface area contributed by atoms with E-state index in [1.165, 1.54) is 0 Å². The monoisotopic (exact) mass is 401 g/mol. The Morgan fingerprint density at radius 1 is 0.960 bits per heavy atom. The number of pyridine rings is 1. The fourth-order valence-corrected chi connectivity index (χ4v) is 2.82. The molecule has 0 saturated heterocycles. The fraction of sp³-hybridized carbons (Fsp3) is 0. The molecule has 0 atom stereocenters. The van der Waals surface area contributed by atoms with Crippen LogP contribution in [-0.2, 0) is 0 Å². The largest absolute Gasteiger partial charge is 0.502 e. The number of amides is 2. The Balaban J connectivity index is 1.89. The molecule has 1 heterocycles. The highest BCUT2D eigenvalue weighted by molar-refractivity contribution is 9.10. The number of halogens is 1. The van der Waals surface area contributed by atoms with Gasteiger partial charge in [0.25, 0.3) is 17.4 Å². The van der Waals surface area contributed by atoms with Crippen LogP contribution < -0.4 is 16.4 Å². The molecule has 4 N–H and O–H groups in total. The van der Waals surface area contributed by atoms with E-state index in [4.69, 9.17) is 0 Å². The van der Waals surface area contributed by atoms with Crippen LogP contribution in [0.4, 0.5) is 0 Å². The molecule has 1 aromatic heterocycles. The van der Waals surface area contributed by atoms with Crippen molar-refractivity contribution in [2.24, 2.45) is 0 Å². The number of hydrogen-bond donors (Lipinski definition) is 4. The molecule has 126 valence electrons. The fourth-order valence-electron chi connectivity index (χ4n) is 2.35. The van der Waals surface area contributed by atoms with Gasteiger partial charge in [-0.05, 0) is 34.1 Å². The molecular weight excluding hydrogens is 390 g/mol. The number of aromatic nitrogens is 1. The maximum Gasteiger partial charge on any atom is 0.291 e. The predicted molar refractivity (Wildman–Crippen MR) is 95.3 cm³/mol. The Morgan fingerprint density at radius 2 is 1.60 bits per heavy atom. The van der Waals surface area contributed by atoms with Gasteiger partial charge in [0, 0.05) is 15.4 Å². The van der Waals surface area contributed by atoms with E-state index in [0.717, 1.165) is 0 Å². The number of hydrogen-bond acceptors (Lipinski definition) is 4. The normalized spacial score (nSPS) is 10.4. The maximum atomic E-state index is 12.4. The highest BCUT2D eigenvalue weighted by atomic mass is 79.9. The number of carbonyl (C=O) groups is 2. The topological polar surface area (TPSA) is 111 Å². The summed E-state index contributed by atoms with van der Waals surface area (Å²) in [6.07, 6.45) is 0. The van der Waals surface area contributed by atoms with Gasteiger partial charge in [-0.25, -0.2) is 0 Å². The molecule has 0 spiro atoms. The third-order valence-corrected chi connectivity index (χ3v) is 4.22. The van der Waals surface area contributed by atoms with Crippen LogP contribution in [0.5, 0.6) is 5.75 Å². The summed E-state index contributed by atoms with van der Waals surface area (Å²) in [5.41, 5.74) is 4.18. The van der Waals surface area contributed by atoms with Gasteiger partial charge >= 0.3 is 0 Å². The molecule has 0 unspecified atom stereocenters. The van der Waals surface area contributed by atoms with Gasteiger partial charge in [-0.3, -0.25) is 25.2 Å². The standard InChI is InChI=1S/C17H12BrN3O4/c18-11-7-3-1-5-9(11)15(23)20-21-16(24)13-10-6-2-4-8-12(10)19-17(25)14(13)22/h1-8,22H,(H,19,25)(H,20,23)(H,21,24). The van der Waals surface area contributed by atoms with Crippen LogP contribution in [0, 0.1) is 0 Å². The maximum absolute atomic E-state index is 12.4. The molecule has 8 heteroatoms. The number of rotatable bonds is 2. The first kappa shape index (κ1) is 16.7. The van der Waals surface area contributed by atoms with Crippen LogP contribution in [-0.4, -0.2) is 21.9 Å². The summed E-state index contributed by atoms with van der Waals surface area (Å²) in [4.78, 5) is 38.8. The average molecular weight is 402 g/mol. The zero-order valence-electron chi connectivity index (χ0n) is 12.7. The van der Waals surface area contributed by atoms with Gasteiger partial charge in [-0.15, -0.1) is 0 Å². The van der Waals surface area contributed by atoms with E-state index in [9.17, 15) is 19.5 Å². The molecule has 0 aliphatic rings. The van der Waals surface area contributed by atoms with Crippen molar-refractivity contribution in [3.05, 3.63) is 74.5 Å². The van der Waals surface area contributed by atoms with Crippen LogP contribution in [0.2, 0.25) is 0 Å². The zero-order chi connectivity index (χ0) is 18.0. The van der Waals surface area contributed by atoms with Crippen LogP contribution in [0.3, 0.4) is 0 Å². The Bertz CT molecular complexity index is 1050. The minimum atomic E-state index is -0.805. The Kier molecular flexibility index (Phi) is 4.53. The number of benzene rings is 2. The second-order valence-corrected chi connectivity index (χ2v) is 5.97. The number of H-pyrrole nitrogens is 1. The van der Waals surface area contributed by atoms with Gasteiger partial charge in [-0.2, -0.15) is 0 Å². The van der Waals surface area contributed by atoms with E-state index in [2.05, 4.69) is 31.8 Å². The summed E-state index contributed by atoms with van der Waals surface area (Å²) >= 11 is 3.24. The van der Waals surface area contributed by atoms with Crippen molar-refractivity contribution in [2.75, 3.05) is 0 Å². The Morgan fingerprint density at radius 3 is 2.36 bits per heavy atom. The average Bonchev–Trinajstić information content (AvgIpc) is 2.61. The predicted octanol–water partition coefficient (Wildman–Crippen LogP) is 2.07. The van der Waals surface area contributed by atoms with E-state index in [1.54, 1.807) is 48.5 Å². The highest BCUT2D eigenvalue weighted by Crippen LogP contribution is 2.21. The molecule has 3 aromatic rings. The molecule has 2 aromatic carbocycles. The van der Waals surface area contributed by atoms with Gasteiger partial charge in [0.2, 0.25) is 0 Å². The highest BCUT2D eigenvalue weighted by Gasteiger charge is 2.19. The van der Waals surface area contributed by atoms with Crippen LogP contribution in [0.1, 0.15) is 20.7 Å². The first-order valence-electron chi connectivity index (χ1n) is 7.18. The number of hydrazine groups is 1. The van der Waals surface area contributed by atoms with Crippen molar-refractivity contribution < 1.29 is 14.7 Å². The summed E-state index contributed by atoms with van der Waals surface area (Å²) in [5, 5.41) is 10.3. The van der Waals surface area contributed by atoms with Crippen molar-refractivity contribution in [3.8, 4) is 5.75 Å². The molecule has 3 rings (SSSR count). The number of para-hydroxylation sites is 1.